The van der Waals surface area contributed by atoms with Gasteiger partial charge >= 0.3 is 0 Å². The summed E-state index contributed by atoms with van der Waals surface area (Å²) in [7, 11) is 0. The molecule has 0 spiro atoms. The van der Waals surface area contributed by atoms with Crippen LogP contribution in [0.1, 0.15) is 22.6 Å². The van der Waals surface area contributed by atoms with Crippen LogP contribution in [0.15, 0.2) is 241 Å². The van der Waals surface area contributed by atoms with Crippen LogP contribution in [0, 0.1) is 5.92 Å². The second-order valence-electron chi connectivity index (χ2n) is 19.0. The third-order valence-electron chi connectivity index (χ3n) is 14.9. The number of hydrogen-bond acceptors (Lipinski definition) is 4. The van der Waals surface area contributed by atoms with Crippen molar-refractivity contribution in [1.29, 1.82) is 0 Å². The predicted octanol–water partition coefficient (Wildman–Crippen LogP) is 17.2. The lowest BCUT2D eigenvalue weighted by Gasteiger charge is -2.29. The molecule has 336 valence electrons. The van der Waals surface area contributed by atoms with Crippen molar-refractivity contribution in [3.8, 4) is 51.0 Å². The Morgan fingerprint density at radius 1 is 0.417 bits per heavy atom. The Kier molecular flexibility index (Phi) is 9.02. The zero-order chi connectivity index (χ0) is 47.3. The number of allylic oxidation sites excluding steroid dienone is 5. The quantitative estimate of drug-likeness (QED) is 0.167. The number of furan rings is 1. The van der Waals surface area contributed by atoms with Crippen LogP contribution in [0.3, 0.4) is 0 Å². The van der Waals surface area contributed by atoms with Gasteiger partial charge in [0.05, 0.1) is 27.7 Å². The number of rotatable bonds is 6. The molecule has 2 atom stereocenters. The molecule has 0 aliphatic heterocycles. The minimum atomic E-state index is 0.225. The molecule has 13 aromatic rings. The molecule has 0 saturated heterocycles. The Morgan fingerprint density at radius 3 is 1.89 bits per heavy atom. The fraction of sp³-hybridized carbons (Fsp3) is 0.0299. The van der Waals surface area contributed by atoms with Gasteiger partial charge in [-0.05, 0) is 97.4 Å². The molecule has 0 radical (unpaired) electrons. The van der Waals surface area contributed by atoms with Crippen LogP contribution in [0.2, 0.25) is 0 Å². The van der Waals surface area contributed by atoms with E-state index in [0.29, 0.717) is 17.5 Å². The summed E-state index contributed by atoms with van der Waals surface area (Å²) in [4.78, 5) is 15.3. The Hall–Kier alpha value is -9.45. The first-order valence-electron chi connectivity index (χ1n) is 24.7. The molecule has 2 aliphatic carbocycles. The first-order chi connectivity index (χ1) is 35.7. The summed E-state index contributed by atoms with van der Waals surface area (Å²) in [5.74, 6) is 2.26. The first-order valence-corrected chi connectivity index (χ1v) is 24.7. The maximum absolute atomic E-state index is 7.06. The van der Waals surface area contributed by atoms with Gasteiger partial charge in [0.25, 0.3) is 0 Å². The van der Waals surface area contributed by atoms with Gasteiger partial charge in [-0.1, -0.05) is 200 Å². The topological polar surface area (TPSA) is 56.7 Å². The fourth-order valence-corrected chi connectivity index (χ4v) is 11.6. The van der Waals surface area contributed by atoms with Gasteiger partial charge in [0, 0.05) is 39.1 Å². The highest BCUT2D eigenvalue weighted by molar-refractivity contribution is 6.21. The van der Waals surface area contributed by atoms with Gasteiger partial charge in [0.2, 0.25) is 0 Å². The molecule has 0 amide bonds. The molecule has 5 nitrogen and oxygen atoms in total. The fourth-order valence-electron chi connectivity index (χ4n) is 11.6. The monoisotopic (exact) mass is 918 g/mol. The Morgan fingerprint density at radius 2 is 1.07 bits per heavy atom. The molecule has 3 aromatic heterocycles. The lowest BCUT2D eigenvalue weighted by molar-refractivity contribution is 0.669. The summed E-state index contributed by atoms with van der Waals surface area (Å²) in [6.07, 6.45) is 12.0. The summed E-state index contributed by atoms with van der Waals surface area (Å²) in [6.45, 7) is 0. The van der Waals surface area contributed by atoms with Crippen molar-refractivity contribution in [2.24, 2.45) is 5.92 Å². The van der Waals surface area contributed by atoms with E-state index >= 15 is 0 Å². The van der Waals surface area contributed by atoms with Crippen molar-refractivity contribution in [3.63, 3.8) is 0 Å². The van der Waals surface area contributed by atoms with Crippen LogP contribution in [0.4, 0.5) is 0 Å². The number of aromatic nitrogens is 4. The van der Waals surface area contributed by atoms with Crippen LogP contribution in [-0.4, -0.2) is 19.5 Å². The highest BCUT2D eigenvalue weighted by Crippen LogP contribution is 2.48. The molecular weight excluding hydrogens is 877 g/mol. The predicted molar refractivity (Wildman–Crippen MR) is 297 cm³/mol. The molecule has 10 aromatic carbocycles. The molecular formula is C67H42N4O. The van der Waals surface area contributed by atoms with E-state index in [1.165, 1.54) is 60.1 Å². The van der Waals surface area contributed by atoms with E-state index in [9.17, 15) is 0 Å². The van der Waals surface area contributed by atoms with Crippen molar-refractivity contribution in [2.45, 2.75) is 5.92 Å². The molecule has 2 unspecified atom stereocenters. The Balaban J connectivity index is 1.01. The summed E-state index contributed by atoms with van der Waals surface area (Å²) in [5, 5.41) is 9.23. The maximum atomic E-state index is 7.06. The van der Waals surface area contributed by atoms with Crippen LogP contribution in [-0.2, 0) is 0 Å². The van der Waals surface area contributed by atoms with Gasteiger partial charge in [0.15, 0.2) is 17.5 Å². The third-order valence-corrected chi connectivity index (χ3v) is 14.9. The molecule has 72 heavy (non-hydrogen) atoms. The van der Waals surface area contributed by atoms with E-state index in [1.54, 1.807) is 0 Å². The smallest absolute Gasteiger partial charge is 0.167 e. The van der Waals surface area contributed by atoms with Gasteiger partial charge < -0.3 is 8.98 Å². The van der Waals surface area contributed by atoms with E-state index in [2.05, 4.69) is 187 Å². The van der Waals surface area contributed by atoms with Crippen molar-refractivity contribution in [1.82, 2.24) is 19.5 Å². The Bertz CT molecular complexity index is 4400. The van der Waals surface area contributed by atoms with Crippen molar-refractivity contribution < 1.29 is 4.42 Å². The normalized spacial score (nSPS) is 15.2. The van der Waals surface area contributed by atoms with Gasteiger partial charge in [-0.2, -0.15) is 0 Å². The Labute approximate surface area is 415 Å². The highest BCUT2D eigenvalue weighted by Gasteiger charge is 2.29. The zero-order valence-corrected chi connectivity index (χ0v) is 38.9. The number of para-hydroxylation sites is 1. The summed E-state index contributed by atoms with van der Waals surface area (Å²) < 4.78 is 9.56. The third kappa shape index (κ3) is 6.37. The largest absolute Gasteiger partial charge is 0.455 e. The molecule has 0 fully saturated rings. The van der Waals surface area contributed by atoms with Crippen LogP contribution in [0.5, 0.6) is 0 Å². The highest BCUT2D eigenvalue weighted by atomic mass is 16.3. The van der Waals surface area contributed by atoms with Crippen LogP contribution >= 0.6 is 0 Å². The number of benzene rings is 10. The summed E-state index contributed by atoms with van der Waals surface area (Å²) >= 11 is 0. The van der Waals surface area contributed by atoms with Gasteiger partial charge in [0.1, 0.15) is 11.2 Å². The summed E-state index contributed by atoms with van der Waals surface area (Å²) in [5.41, 5.74) is 14.9. The minimum Gasteiger partial charge on any atom is -0.455 e. The average Bonchev–Trinajstić information content (AvgIpc) is 4.00. The lowest BCUT2D eigenvalue weighted by Crippen LogP contribution is -2.14. The van der Waals surface area contributed by atoms with E-state index in [-0.39, 0.29) is 11.8 Å². The molecule has 5 heteroatoms. The average molecular weight is 919 g/mol. The van der Waals surface area contributed by atoms with Gasteiger partial charge in [-0.15, -0.1) is 0 Å². The van der Waals surface area contributed by atoms with Crippen molar-refractivity contribution >= 4 is 76.9 Å². The molecule has 2 aliphatic rings. The van der Waals surface area contributed by atoms with E-state index in [0.717, 1.165) is 60.9 Å². The maximum Gasteiger partial charge on any atom is 0.167 e. The molecule has 0 bridgehead atoms. The zero-order valence-electron chi connectivity index (χ0n) is 38.9. The number of fused-ring (bicyclic) bond motifs is 11. The van der Waals surface area contributed by atoms with E-state index in [1.807, 2.05) is 60.7 Å². The lowest BCUT2D eigenvalue weighted by atomic mass is 9.75. The number of nitrogens with zero attached hydrogens (tertiary/aromatic N) is 4. The molecule has 0 N–H and O–H groups in total. The van der Waals surface area contributed by atoms with E-state index in [4.69, 9.17) is 19.4 Å². The number of hydrogen-bond donors (Lipinski definition) is 0. The van der Waals surface area contributed by atoms with E-state index < -0.39 is 0 Å². The first kappa shape index (κ1) is 40.4. The molecule has 0 saturated carbocycles. The van der Waals surface area contributed by atoms with Gasteiger partial charge in [-0.25, -0.2) is 15.0 Å². The van der Waals surface area contributed by atoms with Crippen LogP contribution < -0.4 is 0 Å². The van der Waals surface area contributed by atoms with Crippen molar-refractivity contribution in [3.05, 3.63) is 253 Å². The standard InChI is InChI=1S/C67H42N4O/c1-3-18-43(19-4-1)65-68-66(44-20-5-2-6-21-44)70-67(69-65)55-29-14-28-54-63-58(30-15-31-61(63)72-64(54)55)71-59-39-46-23-8-7-22-45(46)37-57(59)62-56(48-34-35-53-47(36-48)33-32-42-17-10-12-26-51(42)53)38-49(40-60(62)71)52-27-13-24-41-16-9-11-25-50(41)52/h1-40,47,53H. The molecule has 15 rings (SSSR count). The summed E-state index contributed by atoms with van der Waals surface area (Å²) in [6, 6.07) is 75.6. The van der Waals surface area contributed by atoms with Crippen LogP contribution in [0.25, 0.3) is 128 Å². The minimum absolute atomic E-state index is 0.225. The van der Waals surface area contributed by atoms with Gasteiger partial charge in [-0.3, -0.25) is 0 Å². The second-order valence-corrected chi connectivity index (χ2v) is 19.0. The second kappa shape index (κ2) is 16.1. The molecule has 3 heterocycles. The van der Waals surface area contributed by atoms with Crippen molar-refractivity contribution in [2.75, 3.05) is 0 Å². The SMILES string of the molecule is C1=CC2c3ccccc3C=CC2C=C1c1cc(-c2cccc3ccccc23)cc2c1c1cc3ccccc3cc1n2-c1cccc2oc3c(-c4nc(-c5ccccc5)nc(-c5ccccc5)n4)cccc3c12.